The van der Waals surface area contributed by atoms with Crippen molar-refractivity contribution < 1.29 is 9.90 Å². The predicted octanol–water partition coefficient (Wildman–Crippen LogP) is 7.05. The van der Waals surface area contributed by atoms with E-state index in [-0.39, 0.29) is 0 Å². The fraction of sp³-hybridized carbons (Fsp3) is 0.708. The highest BCUT2D eigenvalue weighted by atomic mass is 16.4. The molecule has 0 spiro atoms. The molecule has 2 nitrogen and oxygen atoms in total. The smallest absolute Gasteiger partial charge is 0.309 e. The minimum absolute atomic E-state index is 0.452. The van der Waals surface area contributed by atoms with Gasteiger partial charge in [0.15, 0.2) is 0 Å². The van der Waals surface area contributed by atoms with Gasteiger partial charge in [0, 0.05) is 0 Å². The second kappa shape index (κ2) is 10.7. The lowest BCUT2D eigenvalue weighted by Gasteiger charge is -2.18. The van der Waals surface area contributed by atoms with Gasteiger partial charge in [-0.15, -0.1) is 0 Å². The third-order valence-corrected chi connectivity index (χ3v) is 5.26. The molecular weight excluding hydrogens is 320 g/mol. The zero-order valence-corrected chi connectivity index (χ0v) is 17.7. The number of hydrogen-bond acceptors (Lipinski definition) is 1. The molecule has 0 saturated carbocycles. The maximum absolute atomic E-state index is 11.1. The molecule has 0 heterocycles. The number of unbranched alkanes of at least 4 members (excludes halogenated alkanes) is 4. The Hall–Kier alpha value is -1.31. The summed E-state index contributed by atoms with van der Waals surface area (Å²) in [6.45, 7) is 10.6. The fourth-order valence-corrected chi connectivity index (χ4v) is 3.21. The van der Waals surface area contributed by atoms with Crippen molar-refractivity contribution in [1.82, 2.24) is 0 Å². The number of aliphatic carboxylic acids is 1. The summed E-state index contributed by atoms with van der Waals surface area (Å²) in [7, 11) is 0. The van der Waals surface area contributed by atoms with Gasteiger partial charge in [-0.25, -0.2) is 0 Å². The molecule has 0 fully saturated rings. The van der Waals surface area contributed by atoms with Gasteiger partial charge in [0.1, 0.15) is 0 Å². The SMILES string of the molecule is CC(C)(C)CCCCc1ccc(CCCCCCC(C)(C)C(=O)O)cc1. The van der Waals surface area contributed by atoms with E-state index in [0.29, 0.717) is 5.41 Å². The summed E-state index contributed by atoms with van der Waals surface area (Å²) in [4.78, 5) is 11.1. The number of aryl methyl sites for hydroxylation is 2. The first-order valence-corrected chi connectivity index (χ1v) is 10.4. The minimum Gasteiger partial charge on any atom is -0.481 e. The molecule has 1 rings (SSSR count). The van der Waals surface area contributed by atoms with Crippen LogP contribution in [0.15, 0.2) is 24.3 Å². The second-order valence-electron chi connectivity index (χ2n) is 9.69. The summed E-state index contributed by atoms with van der Waals surface area (Å²) in [6.07, 6.45) is 11.5. The van der Waals surface area contributed by atoms with Gasteiger partial charge in [-0.2, -0.15) is 0 Å². The zero-order valence-electron chi connectivity index (χ0n) is 17.7. The van der Waals surface area contributed by atoms with Crippen LogP contribution in [0.5, 0.6) is 0 Å². The average Bonchev–Trinajstić information content (AvgIpc) is 2.55. The van der Waals surface area contributed by atoms with E-state index < -0.39 is 11.4 Å². The number of benzene rings is 1. The Morgan fingerprint density at radius 2 is 1.15 bits per heavy atom. The summed E-state index contributed by atoms with van der Waals surface area (Å²) in [5.41, 5.74) is 2.75. The Balaban J connectivity index is 2.16. The molecule has 0 unspecified atom stereocenters. The van der Waals surface area contributed by atoms with Crippen LogP contribution < -0.4 is 0 Å². The van der Waals surface area contributed by atoms with Gasteiger partial charge in [-0.1, -0.05) is 70.7 Å². The highest BCUT2D eigenvalue weighted by Crippen LogP contribution is 2.24. The Kier molecular flexibility index (Phi) is 9.39. The maximum atomic E-state index is 11.1. The van der Waals surface area contributed by atoms with Crippen molar-refractivity contribution in [3.05, 3.63) is 35.4 Å². The van der Waals surface area contributed by atoms with Gasteiger partial charge in [0.05, 0.1) is 5.41 Å². The minimum atomic E-state index is -0.684. The topological polar surface area (TPSA) is 37.3 Å². The predicted molar refractivity (Wildman–Crippen MR) is 112 cm³/mol. The van der Waals surface area contributed by atoms with Crippen molar-refractivity contribution in [2.24, 2.45) is 10.8 Å². The Labute approximate surface area is 161 Å². The Morgan fingerprint density at radius 1 is 0.731 bits per heavy atom. The molecule has 0 aliphatic heterocycles. The van der Waals surface area contributed by atoms with Crippen LogP contribution in [0.4, 0.5) is 0 Å². The summed E-state index contributed by atoms with van der Waals surface area (Å²) >= 11 is 0. The van der Waals surface area contributed by atoms with Crippen LogP contribution in [0.25, 0.3) is 0 Å². The number of rotatable bonds is 12. The molecule has 1 aromatic carbocycles. The van der Waals surface area contributed by atoms with Crippen LogP contribution in [0.3, 0.4) is 0 Å². The molecule has 0 aliphatic rings. The first kappa shape index (κ1) is 22.7. The van der Waals surface area contributed by atoms with E-state index in [1.807, 2.05) is 13.8 Å². The molecule has 0 atom stereocenters. The van der Waals surface area contributed by atoms with Gasteiger partial charge < -0.3 is 5.11 Å². The Bertz CT molecular complexity index is 520. The fourth-order valence-electron chi connectivity index (χ4n) is 3.21. The van der Waals surface area contributed by atoms with Crippen LogP contribution in [0.2, 0.25) is 0 Å². The maximum Gasteiger partial charge on any atom is 0.309 e. The average molecular weight is 361 g/mol. The molecule has 0 bridgehead atoms. The van der Waals surface area contributed by atoms with Crippen molar-refractivity contribution in [2.45, 2.75) is 98.8 Å². The third-order valence-electron chi connectivity index (χ3n) is 5.26. The van der Waals surface area contributed by atoms with Crippen LogP contribution in [0, 0.1) is 10.8 Å². The van der Waals surface area contributed by atoms with Crippen LogP contribution in [-0.4, -0.2) is 11.1 Å². The molecule has 0 aromatic heterocycles. The van der Waals surface area contributed by atoms with E-state index in [1.165, 1.54) is 49.7 Å². The molecule has 0 radical (unpaired) electrons. The normalized spacial score (nSPS) is 12.3. The number of carbonyl (C=O) groups is 1. The standard InChI is InChI=1S/C24H40O2/c1-23(2,3)18-11-9-13-21-16-14-20(15-17-21)12-8-6-7-10-19-24(4,5)22(25)26/h14-17H,6-13,18-19H2,1-5H3,(H,25,26). The summed E-state index contributed by atoms with van der Waals surface area (Å²) < 4.78 is 0. The summed E-state index contributed by atoms with van der Waals surface area (Å²) in [6, 6.07) is 9.16. The van der Waals surface area contributed by atoms with Crippen molar-refractivity contribution in [3.63, 3.8) is 0 Å². The highest BCUT2D eigenvalue weighted by molar-refractivity contribution is 5.73. The molecule has 2 heteroatoms. The van der Waals surface area contributed by atoms with Crippen LogP contribution in [-0.2, 0) is 17.6 Å². The van der Waals surface area contributed by atoms with E-state index in [9.17, 15) is 4.79 Å². The monoisotopic (exact) mass is 360 g/mol. The molecule has 1 N–H and O–H groups in total. The lowest BCUT2D eigenvalue weighted by Crippen LogP contribution is -2.23. The van der Waals surface area contributed by atoms with E-state index in [4.69, 9.17) is 5.11 Å². The lowest BCUT2D eigenvalue weighted by molar-refractivity contribution is -0.147. The molecule has 148 valence electrons. The second-order valence-corrected chi connectivity index (χ2v) is 9.69. The Morgan fingerprint density at radius 3 is 1.62 bits per heavy atom. The largest absolute Gasteiger partial charge is 0.481 e. The quantitative estimate of drug-likeness (QED) is 0.405. The highest BCUT2D eigenvalue weighted by Gasteiger charge is 2.25. The van der Waals surface area contributed by atoms with Crippen molar-refractivity contribution in [3.8, 4) is 0 Å². The molecular formula is C24H40O2. The molecule has 0 aliphatic carbocycles. The lowest BCUT2D eigenvalue weighted by atomic mass is 9.87. The van der Waals surface area contributed by atoms with Crippen molar-refractivity contribution in [1.29, 1.82) is 0 Å². The first-order valence-electron chi connectivity index (χ1n) is 10.4. The van der Waals surface area contributed by atoms with Crippen molar-refractivity contribution in [2.75, 3.05) is 0 Å². The molecule has 0 amide bonds. The number of carboxylic acids is 1. The van der Waals surface area contributed by atoms with E-state index in [2.05, 4.69) is 45.0 Å². The summed E-state index contributed by atoms with van der Waals surface area (Å²) in [5, 5.41) is 9.12. The first-order chi connectivity index (χ1) is 12.1. The molecule has 0 saturated heterocycles. The van der Waals surface area contributed by atoms with Crippen molar-refractivity contribution >= 4 is 5.97 Å². The zero-order chi connectivity index (χ0) is 19.6. The van der Waals surface area contributed by atoms with E-state index in [1.54, 1.807) is 0 Å². The number of carboxylic acid groups (broad SMARTS) is 1. The van der Waals surface area contributed by atoms with E-state index in [0.717, 1.165) is 25.7 Å². The van der Waals surface area contributed by atoms with Crippen LogP contribution in [0.1, 0.15) is 97.1 Å². The van der Waals surface area contributed by atoms with Gasteiger partial charge in [-0.3, -0.25) is 4.79 Å². The third kappa shape index (κ3) is 9.99. The van der Waals surface area contributed by atoms with E-state index >= 15 is 0 Å². The van der Waals surface area contributed by atoms with Gasteiger partial charge in [0.2, 0.25) is 0 Å². The number of hydrogen-bond donors (Lipinski definition) is 1. The van der Waals surface area contributed by atoms with Gasteiger partial charge in [0.25, 0.3) is 0 Å². The van der Waals surface area contributed by atoms with Gasteiger partial charge >= 0.3 is 5.97 Å². The van der Waals surface area contributed by atoms with Gasteiger partial charge in [-0.05, 0) is 68.9 Å². The van der Waals surface area contributed by atoms with Crippen LogP contribution >= 0.6 is 0 Å². The molecule has 26 heavy (non-hydrogen) atoms. The molecule has 1 aromatic rings. The summed E-state index contributed by atoms with van der Waals surface area (Å²) in [5.74, 6) is -0.684.